The van der Waals surface area contributed by atoms with Crippen molar-refractivity contribution in [2.75, 3.05) is 26.0 Å². The number of carbonyl (C=O) groups is 1. The van der Waals surface area contributed by atoms with Gasteiger partial charge < -0.3 is 9.47 Å². The van der Waals surface area contributed by atoms with Crippen LogP contribution in [0.5, 0.6) is 0 Å². The molecular weight excluding hydrogens is 399 g/mol. The van der Waals surface area contributed by atoms with E-state index >= 15 is 0 Å². The summed E-state index contributed by atoms with van der Waals surface area (Å²) in [5, 5.41) is 0.519. The first-order chi connectivity index (χ1) is 14.4. The molecule has 0 spiro atoms. The lowest BCUT2D eigenvalue weighted by molar-refractivity contribution is -0.121. The molecule has 1 amide bonds. The van der Waals surface area contributed by atoms with Gasteiger partial charge in [0.25, 0.3) is 5.91 Å². The van der Waals surface area contributed by atoms with Crippen LogP contribution in [0.25, 0.3) is 11.8 Å². The standard InChI is InChI=1S/C23H21FN4OS/c1-26(2)18-9-11-19(12-10-18)28-13-5-8-20(28)15-21-22(29)27(3)23(30-21)25-17-7-4-6-16(24)14-17/h4-15H,1-3H3/b21-15-,25-23?. The number of aliphatic imine (C=N–C) groups is 1. The van der Waals surface area contributed by atoms with Crippen LogP contribution in [-0.4, -0.2) is 41.7 Å². The molecule has 0 atom stereocenters. The maximum Gasteiger partial charge on any atom is 0.266 e. The van der Waals surface area contributed by atoms with Crippen LogP contribution < -0.4 is 4.90 Å². The van der Waals surface area contributed by atoms with Crippen LogP contribution in [0.15, 0.2) is 76.8 Å². The monoisotopic (exact) mass is 420 g/mol. The second-order valence-corrected chi connectivity index (χ2v) is 8.07. The van der Waals surface area contributed by atoms with Gasteiger partial charge in [-0.3, -0.25) is 9.69 Å². The number of aromatic nitrogens is 1. The first kappa shape index (κ1) is 20.0. The third kappa shape index (κ3) is 4.02. The molecule has 2 heterocycles. The number of benzene rings is 2. The molecule has 1 aliphatic rings. The largest absolute Gasteiger partial charge is 0.378 e. The molecule has 5 nitrogen and oxygen atoms in total. The Balaban J connectivity index is 1.63. The fourth-order valence-corrected chi connectivity index (χ4v) is 4.07. The Morgan fingerprint density at radius 3 is 2.53 bits per heavy atom. The number of halogens is 1. The van der Waals surface area contributed by atoms with Crippen LogP contribution in [0, 0.1) is 5.82 Å². The molecule has 0 radical (unpaired) electrons. The van der Waals surface area contributed by atoms with E-state index in [9.17, 15) is 9.18 Å². The number of nitrogens with zero attached hydrogens (tertiary/aromatic N) is 4. The van der Waals surface area contributed by atoms with Crippen molar-refractivity contribution in [3.05, 3.63) is 83.3 Å². The van der Waals surface area contributed by atoms with E-state index in [0.29, 0.717) is 15.8 Å². The van der Waals surface area contributed by atoms with Crippen molar-refractivity contribution in [3.8, 4) is 5.69 Å². The van der Waals surface area contributed by atoms with E-state index < -0.39 is 0 Å². The van der Waals surface area contributed by atoms with Crippen LogP contribution in [0.3, 0.4) is 0 Å². The molecule has 3 aromatic rings. The third-order valence-electron chi connectivity index (χ3n) is 4.74. The normalized spacial score (nSPS) is 16.7. The summed E-state index contributed by atoms with van der Waals surface area (Å²) in [5.74, 6) is -0.492. The number of hydrogen-bond acceptors (Lipinski definition) is 4. The Labute approximate surface area is 179 Å². The summed E-state index contributed by atoms with van der Waals surface area (Å²) in [4.78, 5) is 21.3. The predicted molar refractivity (Wildman–Crippen MR) is 122 cm³/mol. The predicted octanol–water partition coefficient (Wildman–Crippen LogP) is 4.92. The summed E-state index contributed by atoms with van der Waals surface area (Å²) in [6, 6.07) is 18.1. The minimum absolute atomic E-state index is 0.133. The Morgan fingerprint density at radius 1 is 1.07 bits per heavy atom. The van der Waals surface area contributed by atoms with Crippen LogP contribution in [0.1, 0.15) is 5.69 Å². The van der Waals surface area contributed by atoms with Crippen LogP contribution in [0.4, 0.5) is 15.8 Å². The molecule has 1 saturated heterocycles. The molecule has 4 rings (SSSR count). The number of likely N-dealkylation sites (N-methyl/N-ethyl adjacent to an activating group) is 1. The SMILES string of the molecule is CN1C(=O)/C(=C/c2cccn2-c2ccc(N(C)C)cc2)SC1=Nc1cccc(F)c1. The van der Waals surface area contributed by atoms with Gasteiger partial charge >= 0.3 is 0 Å². The molecule has 7 heteroatoms. The molecule has 1 aromatic heterocycles. The highest BCUT2D eigenvalue weighted by Crippen LogP contribution is 2.33. The third-order valence-corrected chi connectivity index (χ3v) is 5.80. The van der Waals surface area contributed by atoms with Crippen molar-refractivity contribution in [2.24, 2.45) is 4.99 Å². The van der Waals surface area contributed by atoms with Gasteiger partial charge in [0, 0.05) is 44.4 Å². The summed E-state index contributed by atoms with van der Waals surface area (Å²) >= 11 is 1.28. The fourth-order valence-electron chi connectivity index (χ4n) is 3.10. The average Bonchev–Trinajstić information content (AvgIpc) is 3.29. The van der Waals surface area contributed by atoms with E-state index in [2.05, 4.69) is 17.1 Å². The summed E-state index contributed by atoms with van der Waals surface area (Å²) in [5.41, 5.74) is 3.49. The van der Waals surface area contributed by atoms with Crippen molar-refractivity contribution in [3.63, 3.8) is 0 Å². The lowest BCUT2D eigenvalue weighted by Crippen LogP contribution is -2.23. The lowest BCUT2D eigenvalue weighted by atomic mass is 10.2. The number of anilines is 1. The maximum absolute atomic E-state index is 13.4. The van der Waals surface area contributed by atoms with Crippen molar-refractivity contribution in [1.82, 2.24) is 9.47 Å². The highest BCUT2D eigenvalue weighted by molar-refractivity contribution is 8.18. The molecule has 0 aliphatic carbocycles. The van der Waals surface area contributed by atoms with E-state index in [-0.39, 0.29) is 11.7 Å². The van der Waals surface area contributed by atoms with Crippen molar-refractivity contribution in [1.29, 1.82) is 0 Å². The van der Waals surface area contributed by atoms with Gasteiger partial charge in [0.2, 0.25) is 0 Å². The maximum atomic E-state index is 13.4. The van der Waals surface area contributed by atoms with Gasteiger partial charge in [-0.25, -0.2) is 9.38 Å². The van der Waals surface area contributed by atoms with Gasteiger partial charge in [0.05, 0.1) is 10.6 Å². The zero-order valence-electron chi connectivity index (χ0n) is 16.9. The van der Waals surface area contributed by atoms with Crippen molar-refractivity contribution >= 4 is 40.3 Å². The number of amidine groups is 1. The van der Waals surface area contributed by atoms with E-state index in [0.717, 1.165) is 17.1 Å². The first-order valence-electron chi connectivity index (χ1n) is 9.39. The van der Waals surface area contributed by atoms with Gasteiger partial charge in [-0.2, -0.15) is 0 Å². The van der Waals surface area contributed by atoms with Gasteiger partial charge in [-0.1, -0.05) is 6.07 Å². The summed E-state index contributed by atoms with van der Waals surface area (Å²) in [6.45, 7) is 0. The molecular formula is C23H21FN4OS. The summed E-state index contributed by atoms with van der Waals surface area (Å²) in [7, 11) is 5.68. The van der Waals surface area contributed by atoms with Crippen molar-refractivity contribution in [2.45, 2.75) is 0 Å². The minimum Gasteiger partial charge on any atom is -0.378 e. The highest BCUT2D eigenvalue weighted by Gasteiger charge is 2.30. The fraction of sp³-hybridized carbons (Fsp3) is 0.130. The molecule has 2 aromatic carbocycles. The van der Waals surface area contributed by atoms with Crippen LogP contribution in [0.2, 0.25) is 0 Å². The minimum atomic E-state index is -0.359. The smallest absolute Gasteiger partial charge is 0.266 e. The number of rotatable bonds is 4. The number of carbonyl (C=O) groups excluding carboxylic acids is 1. The molecule has 30 heavy (non-hydrogen) atoms. The highest BCUT2D eigenvalue weighted by atomic mass is 32.2. The Kier molecular flexibility index (Phi) is 5.46. The van der Waals surface area contributed by atoms with E-state index in [1.165, 1.54) is 28.8 Å². The van der Waals surface area contributed by atoms with Gasteiger partial charge in [0.15, 0.2) is 5.17 Å². The van der Waals surface area contributed by atoms with Gasteiger partial charge in [-0.05, 0) is 72.4 Å². The van der Waals surface area contributed by atoms with Crippen LogP contribution >= 0.6 is 11.8 Å². The molecule has 0 bridgehead atoms. The molecule has 1 fully saturated rings. The quantitative estimate of drug-likeness (QED) is 0.563. The molecule has 0 unspecified atom stereocenters. The summed E-state index contributed by atoms with van der Waals surface area (Å²) in [6.07, 6.45) is 3.82. The van der Waals surface area contributed by atoms with Crippen molar-refractivity contribution < 1.29 is 9.18 Å². The Hall–Kier alpha value is -3.32. The molecule has 1 aliphatic heterocycles. The van der Waals surface area contributed by atoms with E-state index in [4.69, 9.17) is 0 Å². The number of thioether (sulfide) groups is 1. The average molecular weight is 421 g/mol. The zero-order valence-corrected chi connectivity index (χ0v) is 17.7. The van der Waals surface area contributed by atoms with Crippen LogP contribution in [-0.2, 0) is 4.79 Å². The van der Waals surface area contributed by atoms with Gasteiger partial charge in [-0.15, -0.1) is 0 Å². The van der Waals surface area contributed by atoms with Gasteiger partial charge in [0.1, 0.15) is 5.82 Å². The number of amides is 1. The Bertz CT molecular complexity index is 1150. The Morgan fingerprint density at radius 2 is 1.83 bits per heavy atom. The topological polar surface area (TPSA) is 40.8 Å². The number of hydrogen-bond donors (Lipinski definition) is 0. The summed E-state index contributed by atoms with van der Waals surface area (Å²) < 4.78 is 15.5. The molecule has 0 saturated carbocycles. The van der Waals surface area contributed by atoms with E-state index in [1.807, 2.05) is 60.1 Å². The second kappa shape index (κ2) is 8.20. The lowest BCUT2D eigenvalue weighted by Gasteiger charge is -2.13. The second-order valence-electron chi connectivity index (χ2n) is 7.06. The molecule has 152 valence electrons. The van der Waals surface area contributed by atoms with E-state index in [1.54, 1.807) is 19.2 Å². The molecule has 0 N–H and O–H groups in total. The first-order valence-corrected chi connectivity index (χ1v) is 10.2. The zero-order chi connectivity index (χ0) is 21.3.